The Morgan fingerprint density at radius 3 is 2.50 bits per heavy atom. The number of hydrogen-bond donors (Lipinski definition) is 1. The Balaban J connectivity index is 0.00000200. The zero-order valence-corrected chi connectivity index (χ0v) is 12.3. The van der Waals surface area contributed by atoms with Gasteiger partial charge in [-0.25, -0.2) is 0 Å². The SMILES string of the molecule is Cl.NC(=O)c1ccsc1C1CCN(CC(F)(F)F)CC1. The summed E-state index contributed by atoms with van der Waals surface area (Å²) in [4.78, 5) is 13.6. The lowest BCUT2D eigenvalue weighted by atomic mass is 9.93. The van der Waals surface area contributed by atoms with Gasteiger partial charge >= 0.3 is 6.18 Å². The summed E-state index contributed by atoms with van der Waals surface area (Å²) in [6, 6.07) is 1.68. The van der Waals surface area contributed by atoms with Crippen molar-refractivity contribution in [3.05, 3.63) is 21.9 Å². The highest BCUT2D eigenvalue weighted by molar-refractivity contribution is 7.10. The fourth-order valence-electron chi connectivity index (χ4n) is 2.45. The van der Waals surface area contributed by atoms with Gasteiger partial charge in [0, 0.05) is 4.88 Å². The molecule has 0 aromatic carbocycles. The van der Waals surface area contributed by atoms with Gasteiger partial charge in [-0.15, -0.1) is 23.7 Å². The van der Waals surface area contributed by atoms with Gasteiger partial charge in [-0.3, -0.25) is 9.69 Å². The molecular formula is C12H16ClF3N2OS. The van der Waals surface area contributed by atoms with Crippen molar-refractivity contribution in [1.82, 2.24) is 4.90 Å². The predicted molar refractivity (Wildman–Crippen MR) is 74.6 cm³/mol. The highest BCUT2D eigenvalue weighted by Crippen LogP contribution is 2.34. The molecule has 2 rings (SSSR count). The number of carbonyl (C=O) groups is 1. The van der Waals surface area contributed by atoms with Crippen LogP contribution in [0.25, 0.3) is 0 Å². The van der Waals surface area contributed by atoms with E-state index in [4.69, 9.17) is 5.73 Å². The minimum absolute atomic E-state index is 0. The molecule has 1 amide bonds. The van der Waals surface area contributed by atoms with Crippen LogP contribution in [0, 0.1) is 0 Å². The molecule has 0 atom stereocenters. The van der Waals surface area contributed by atoms with Crippen LogP contribution < -0.4 is 5.73 Å². The van der Waals surface area contributed by atoms with Crippen LogP contribution in [0.5, 0.6) is 0 Å². The van der Waals surface area contributed by atoms with Crippen molar-refractivity contribution in [2.24, 2.45) is 5.73 Å². The van der Waals surface area contributed by atoms with Crippen molar-refractivity contribution in [2.75, 3.05) is 19.6 Å². The van der Waals surface area contributed by atoms with E-state index in [9.17, 15) is 18.0 Å². The highest BCUT2D eigenvalue weighted by Gasteiger charge is 2.33. The lowest BCUT2D eigenvalue weighted by molar-refractivity contribution is -0.147. The molecule has 0 aliphatic carbocycles. The van der Waals surface area contributed by atoms with Crippen molar-refractivity contribution < 1.29 is 18.0 Å². The van der Waals surface area contributed by atoms with Crippen molar-refractivity contribution >= 4 is 29.7 Å². The Hall–Kier alpha value is -0.790. The number of hydrogen-bond acceptors (Lipinski definition) is 3. The molecule has 1 aliphatic rings. The standard InChI is InChI=1S/C12H15F3N2OS.ClH/c13-12(14,15)7-17-4-1-8(2-5-17)10-9(11(16)18)3-6-19-10;/h3,6,8H,1-2,4-5,7H2,(H2,16,18);1H. The number of nitrogens with zero attached hydrogens (tertiary/aromatic N) is 1. The minimum atomic E-state index is -4.14. The summed E-state index contributed by atoms with van der Waals surface area (Å²) in [5.41, 5.74) is 5.80. The Labute approximate surface area is 125 Å². The van der Waals surface area contributed by atoms with Gasteiger partial charge in [0.05, 0.1) is 12.1 Å². The van der Waals surface area contributed by atoms with Crippen LogP contribution in [-0.2, 0) is 0 Å². The number of piperidine rings is 1. The summed E-state index contributed by atoms with van der Waals surface area (Å²) < 4.78 is 36.8. The maximum absolute atomic E-state index is 12.3. The van der Waals surface area contributed by atoms with E-state index in [0.717, 1.165) is 4.88 Å². The normalized spacial score (nSPS) is 17.8. The first-order valence-electron chi connectivity index (χ1n) is 6.03. The van der Waals surface area contributed by atoms with Gasteiger partial charge in [0.15, 0.2) is 0 Å². The molecule has 1 saturated heterocycles. The number of halogens is 4. The quantitative estimate of drug-likeness (QED) is 0.927. The van der Waals surface area contributed by atoms with Crippen LogP contribution >= 0.6 is 23.7 Å². The highest BCUT2D eigenvalue weighted by atomic mass is 35.5. The van der Waals surface area contributed by atoms with Gasteiger partial charge < -0.3 is 5.73 Å². The molecule has 0 spiro atoms. The largest absolute Gasteiger partial charge is 0.401 e. The summed E-state index contributed by atoms with van der Waals surface area (Å²) in [6.07, 6.45) is -2.87. The molecule has 2 heterocycles. The summed E-state index contributed by atoms with van der Waals surface area (Å²) in [6.45, 7) is -0.0482. The number of likely N-dealkylation sites (tertiary alicyclic amines) is 1. The third-order valence-electron chi connectivity index (χ3n) is 3.32. The third-order valence-corrected chi connectivity index (χ3v) is 4.40. The number of alkyl halides is 3. The van der Waals surface area contributed by atoms with Crippen molar-refractivity contribution in [2.45, 2.75) is 24.9 Å². The second-order valence-electron chi connectivity index (χ2n) is 4.73. The van der Waals surface area contributed by atoms with Crippen LogP contribution in [0.3, 0.4) is 0 Å². The maximum atomic E-state index is 12.3. The molecule has 1 aliphatic heterocycles. The van der Waals surface area contributed by atoms with E-state index < -0.39 is 18.6 Å². The zero-order chi connectivity index (χ0) is 14.0. The molecule has 0 bridgehead atoms. The van der Waals surface area contributed by atoms with Gasteiger partial charge in [-0.2, -0.15) is 13.2 Å². The average Bonchev–Trinajstić information content (AvgIpc) is 2.76. The molecule has 1 aromatic rings. The van der Waals surface area contributed by atoms with Crippen molar-refractivity contribution in [3.63, 3.8) is 0 Å². The monoisotopic (exact) mass is 328 g/mol. The van der Waals surface area contributed by atoms with E-state index in [1.165, 1.54) is 16.2 Å². The molecule has 0 saturated carbocycles. The Bertz CT molecular complexity index is 456. The molecule has 1 aromatic heterocycles. The van der Waals surface area contributed by atoms with Gasteiger partial charge in [-0.05, 0) is 43.3 Å². The fraction of sp³-hybridized carbons (Fsp3) is 0.583. The first-order valence-corrected chi connectivity index (χ1v) is 6.91. The van der Waals surface area contributed by atoms with E-state index in [-0.39, 0.29) is 18.3 Å². The smallest absolute Gasteiger partial charge is 0.366 e. The molecule has 8 heteroatoms. The van der Waals surface area contributed by atoms with Crippen LogP contribution in [0.4, 0.5) is 13.2 Å². The van der Waals surface area contributed by atoms with E-state index >= 15 is 0 Å². The molecule has 2 N–H and O–H groups in total. The topological polar surface area (TPSA) is 46.3 Å². The number of thiophene rings is 1. The second-order valence-corrected chi connectivity index (χ2v) is 5.68. The number of rotatable bonds is 3. The van der Waals surface area contributed by atoms with Gasteiger partial charge in [0.25, 0.3) is 0 Å². The second kappa shape index (κ2) is 6.78. The Morgan fingerprint density at radius 2 is 2.00 bits per heavy atom. The van der Waals surface area contributed by atoms with Crippen molar-refractivity contribution in [1.29, 1.82) is 0 Å². The van der Waals surface area contributed by atoms with E-state index in [0.29, 0.717) is 31.5 Å². The van der Waals surface area contributed by atoms with Crippen LogP contribution in [0.15, 0.2) is 11.4 Å². The number of nitrogens with two attached hydrogens (primary N) is 1. The van der Waals surface area contributed by atoms with E-state index in [2.05, 4.69) is 0 Å². The van der Waals surface area contributed by atoms with Crippen molar-refractivity contribution in [3.8, 4) is 0 Å². The summed E-state index contributed by atoms with van der Waals surface area (Å²) >= 11 is 1.46. The van der Waals surface area contributed by atoms with Crippen LogP contribution in [0.2, 0.25) is 0 Å². The molecule has 0 radical (unpaired) electrons. The lowest BCUT2D eigenvalue weighted by Gasteiger charge is -2.32. The lowest BCUT2D eigenvalue weighted by Crippen LogP contribution is -2.39. The summed E-state index contributed by atoms with van der Waals surface area (Å²) in [5.74, 6) is -0.319. The van der Waals surface area contributed by atoms with Gasteiger partial charge in [-0.1, -0.05) is 0 Å². The minimum Gasteiger partial charge on any atom is -0.366 e. The summed E-state index contributed by atoms with van der Waals surface area (Å²) in [5, 5.41) is 1.80. The maximum Gasteiger partial charge on any atom is 0.401 e. The van der Waals surface area contributed by atoms with Gasteiger partial charge in [0.2, 0.25) is 5.91 Å². The molecule has 114 valence electrons. The van der Waals surface area contributed by atoms with E-state index in [1.807, 2.05) is 0 Å². The average molecular weight is 329 g/mol. The summed E-state index contributed by atoms with van der Waals surface area (Å²) in [7, 11) is 0. The van der Waals surface area contributed by atoms with Crippen LogP contribution in [-0.4, -0.2) is 36.6 Å². The Morgan fingerprint density at radius 1 is 1.40 bits per heavy atom. The Kier molecular flexibility index (Phi) is 5.85. The molecule has 1 fully saturated rings. The van der Waals surface area contributed by atoms with Gasteiger partial charge in [0.1, 0.15) is 0 Å². The first kappa shape index (κ1) is 17.3. The predicted octanol–water partition coefficient (Wildman–Crippen LogP) is 3.01. The number of carbonyl (C=O) groups excluding carboxylic acids is 1. The van der Waals surface area contributed by atoms with E-state index in [1.54, 1.807) is 11.4 Å². The first-order chi connectivity index (χ1) is 8.87. The van der Waals surface area contributed by atoms with Crippen LogP contribution in [0.1, 0.15) is 34.0 Å². The molecule has 0 unspecified atom stereocenters. The number of amides is 1. The fourth-order valence-corrected chi connectivity index (χ4v) is 3.52. The molecule has 20 heavy (non-hydrogen) atoms. The molecule has 3 nitrogen and oxygen atoms in total. The molecular weight excluding hydrogens is 313 g/mol. The number of primary amides is 1. The third kappa shape index (κ3) is 4.36. The zero-order valence-electron chi connectivity index (χ0n) is 10.7.